The molecule has 0 radical (unpaired) electrons. The lowest BCUT2D eigenvalue weighted by atomic mass is 9.64. The van der Waals surface area contributed by atoms with Crippen LogP contribution in [0, 0.1) is 5.92 Å². The number of hydrogen-bond acceptors (Lipinski definition) is 4. The molecule has 5 rings (SSSR count). The third kappa shape index (κ3) is 2.44. The van der Waals surface area contributed by atoms with Crippen LogP contribution in [0.15, 0.2) is 24.3 Å². The summed E-state index contributed by atoms with van der Waals surface area (Å²) in [7, 11) is 1.67. The van der Waals surface area contributed by atoms with Gasteiger partial charge >= 0.3 is 5.97 Å². The summed E-state index contributed by atoms with van der Waals surface area (Å²) in [6, 6.07) is 7.90. The molecule has 3 aliphatic heterocycles. The fourth-order valence-electron chi connectivity index (χ4n) is 4.45. The van der Waals surface area contributed by atoms with E-state index in [0.717, 1.165) is 50.2 Å². The van der Waals surface area contributed by atoms with Crippen molar-refractivity contribution < 1.29 is 14.3 Å². The molecular weight excluding hydrogens is 290 g/mol. The van der Waals surface area contributed by atoms with E-state index in [9.17, 15) is 4.79 Å². The molecule has 124 valence electrons. The summed E-state index contributed by atoms with van der Waals surface area (Å²) >= 11 is 0. The predicted octanol–water partition coefficient (Wildman–Crippen LogP) is 2.75. The molecule has 1 aliphatic carbocycles. The van der Waals surface area contributed by atoms with Gasteiger partial charge in [-0.3, -0.25) is 9.69 Å². The normalized spacial score (nSPS) is 31.3. The van der Waals surface area contributed by atoms with Crippen LogP contribution in [0.1, 0.15) is 37.7 Å². The number of piperidine rings is 3. The number of rotatable bonds is 4. The molecule has 2 bridgehead atoms. The maximum atomic E-state index is 13.1. The lowest BCUT2D eigenvalue weighted by molar-refractivity contribution is -0.169. The van der Waals surface area contributed by atoms with Crippen LogP contribution in [-0.2, 0) is 14.9 Å². The molecule has 0 amide bonds. The third-order valence-corrected chi connectivity index (χ3v) is 6.07. The highest BCUT2D eigenvalue weighted by atomic mass is 16.5. The first kappa shape index (κ1) is 15.0. The minimum Gasteiger partial charge on any atom is -0.496 e. The van der Waals surface area contributed by atoms with Crippen molar-refractivity contribution in [1.82, 2.24) is 4.90 Å². The first-order valence-electron chi connectivity index (χ1n) is 8.80. The van der Waals surface area contributed by atoms with Crippen molar-refractivity contribution in [3.8, 4) is 5.75 Å². The van der Waals surface area contributed by atoms with Gasteiger partial charge in [0.25, 0.3) is 0 Å². The molecule has 3 heterocycles. The van der Waals surface area contributed by atoms with E-state index in [0.29, 0.717) is 5.92 Å². The number of carbonyl (C=O) groups is 1. The summed E-state index contributed by atoms with van der Waals surface area (Å²) in [4.78, 5) is 15.5. The Kier molecular flexibility index (Phi) is 3.80. The van der Waals surface area contributed by atoms with Crippen LogP contribution in [-0.4, -0.2) is 43.7 Å². The average molecular weight is 315 g/mol. The fourth-order valence-corrected chi connectivity index (χ4v) is 4.45. The lowest BCUT2D eigenvalue weighted by Gasteiger charge is -2.46. The molecule has 23 heavy (non-hydrogen) atoms. The van der Waals surface area contributed by atoms with Gasteiger partial charge in [0.05, 0.1) is 12.5 Å². The zero-order valence-corrected chi connectivity index (χ0v) is 13.8. The highest BCUT2D eigenvalue weighted by molar-refractivity contribution is 5.85. The van der Waals surface area contributed by atoms with Crippen LogP contribution in [0.2, 0.25) is 0 Å². The average Bonchev–Trinajstić information content (AvgIpc) is 2.55. The van der Waals surface area contributed by atoms with E-state index in [4.69, 9.17) is 9.47 Å². The summed E-state index contributed by atoms with van der Waals surface area (Å²) in [6.45, 7) is 3.24. The van der Waals surface area contributed by atoms with Gasteiger partial charge in [-0.25, -0.2) is 0 Å². The number of benzene rings is 1. The number of esters is 1. The molecule has 1 aromatic rings. The van der Waals surface area contributed by atoms with E-state index in [1.165, 1.54) is 12.8 Å². The minimum absolute atomic E-state index is 0.0352. The molecule has 0 aromatic heterocycles. The van der Waals surface area contributed by atoms with Crippen LogP contribution in [0.25, 0.3) is 0 Å². The second kappa shape index (κ2) is 5.82. The van der Waals surface area contributed by atoms with Gasteiger partial charge in [0.2, 0.25) is 0 Å². The number of para-hydroxylation sites is 1. The largest absolute Gasteiger partial charge is 0.496 e. The van der Waals surface area contributed by atoms with Gasteiger partial charge in [-0.1, -0.05) is 24.6 Å². The Morgan fingerprint density at radius 3 is 2.52 bits per heavy atom. The van der Waals surface area contributed by atoms with Crippen molar-refractivity contribution in [3.63, 3.8) is 0 Å². The molecule has 1 unspecified atom stereocenters. The Labute approximate surface area is 137 Å². The molecule has 1 atom stereocenters. The van der Waals surface area contributed by atoms with Crippen molar-refractivity contribution in [2.45, 2.75) is 43.6 Å². The Bertz CT molecular complexity index is 588. The molecule has 4 heteroatoms. The van der Waals surface area contributed by atoms with Crippen molar-refractivity contribution in [1.29, 1.82) is 0 Å². The van der Waals surface area contributed by atoms with Crippen LogP contribution >= 0.6 is 0 Å². The van der Waals surface area contributed by atoms with Gasteiger partial charge in [0.1, 0.15) is 11.9 Å². The molecule has 4 aliphatic rings. The maximum absolute atomic E-state index is 13.1. The summed E-state index contributed by atoms with van der Waals surface area (Å²) in [5, 5.41) is 0. The van der Waals surface area contributed by atoms with Gasteiger partial charge in [-0.2, -0.15) is 0 Å². The van der Waals surface area contributed by atoms with Crippen molar-refractivity contribution >= 4 is 5.97 Å². The van der Waals surface area contributed by atoms with Gasteiger partial charge in [0.15, 0.2) is 0 Å². The van der Waals surface area contributed by atoms with Crippen molar-refractivity contribution in [2.75, 3.05) is 26.7 Å². The smallest absolute Gasteiger partial charge is 0.317 e. The molecule has 1 saturated carbocycles. The van der Waals surface area contributed by atoms with Crippen LogP contribution < -0.4 is 4.74 Å². The quantitative estimate of drug-likeness (QED) is 0.801. The first-order chi connectivity index (χ1) is 11.2. The number of hydrogen-bond donors (Lipinski definition) is 0. The fraction of sp³-hybridized carbons (Fsp3) is 0.632. The molecule has 0 N–H and O–H groups in total. The second-order valence-corrected chi connectivity index (χ2v) is 7.22. The highest BCUT2D eigenvalue weighted by Gasteiger charge is 2.50. The molecule has 1 aromatic carbocycles. The zero-order valence-electron chi connectivity index (χ0n) is 13.8. The standard InChI is InChI=1S/C19H25NO3/c1-22-16-6-3-2-5-15(16)19(9-4-10-19)18(21)23-17-13-20-11-7-14(17)8-12-20/h2-3,5-6,14,17H,4,7-13H2,1H3. The molecule has 3 saturated heterocycles. The minimum atomic E-state index is -0.487. The summed E-state index contributed by atoms with van der Waals surface area (Å²) in [5.74, 6) is 1.32. The van der Waals surface area contributed by atoms with Crippen LogP contribution in [0.3, 0.4) is 0 Å². The van der Waals surface area contributed by atoms with Gasteiger partial charge in [-0.05, 0) is 50.8 Å². The molecule has 4 nitrogen and oxygen atoms in total. The van der Waals surface area contributed by atoms with Crippen LogP contribution in [0.5, 0.6) is 5.75 Å². The molecule has 4 fully saturated rings. The van der Waals surface area contributed by atoms with Crippen molar-refractivity contribution in [3.05, 3.63) is 29.8 Å². The first-order valence-corrected chi connectivity index (χ1v) is 8.80. The van der Waals surface area contributed by atoms with Gasteiger partial charge < -0.3 is 9.47 Å². The Hall–Kier alpha value is -1.55. The Balaban J connectivity index is 1.56. The van der Waals surface area contributed by atoms with Crippen LogP contribution in [0.4, 0.5) is 0 Å². The van der Waals surface area contributed by atoms with Gasteiger partial charge in [0, 0.05) is 12.1 Å². The summed E-state index contributed by atoms with van der Waals surface area (Å²) in [6.07, 6.45) is 5.23. The van der Waals surface area contributed by atoms with Gasteiger partial charge in [-0.15, -0.1) is 0 Å². The van der Waals surface area contributed by atoms with E-state index in [1.807, 2.05) is 24.3 Å². The van der Waals surface area contributed by atoms with Crippen molar-refractivity contribution in [2.24, 2.45) is 5.92 Å². The number of methoxy groups -OCH3 is 1. The zero-order chi connectivity index (χ0) is 15.9. The number of carbonyl (C=O) groups excluding carboxylic acids is 1. The topological polar surface area (TPSA) is 38.8 Å². The highest BCUT2D eigenvalue weighted by Crippen LogP contribution is 2.48. The Morgan fingerprint density at radius 1 is 1.22 bits per heavy atom. The summed E-state index contributed by atoms with van der Waals surface area (Å²) < 4.78 is 11.6. The third-order valence-electron chi connectivity index (χ3n) is 6.07. The van der Waals surface area contributed by atoms with E-state index in [1.54, 1.807) is 7.11 Å². The SMILES string of the molecule is COc1ccccc1C1(C(=O)OC2CN3CCC2CC3)CCC1. The van der Waals surface area contributed by atoms with E-state index in [-0.39, 0.29) is 12.1 Å². The second-order valence-electron chi connectivity index (χ2n) is 7.22. The summed E-state index contributed by atoms with van der Waals surface area (Å²) in [5.41, 5.74) is 0.513. The van der Waals surface area contributed by atoms with E-state index >= 15 is 0 Å². The Morgan fingerprint density at radius 2 is 1.96 bits per heavy atom. The molecule has 0 spiro atoms. The van der Waals surface area contributed by atoms with E-state index < -0.39 is 5.41 Å². The number of nitrogens with zero attached hydrogens (tertiary/aromatic N) is 1. The number of ether oxygens (including phenoxy) is 2. The lowest BCUT2D eigenvalue weighted by Crippen LogP contribution is -2.54. The van der Waals surface area contributed by atoms with E-state index in [2.05, 4.69) is 4.90 Å². The maximum Gasteiger partial charge on any atom is 0.317 e. The molecular formula is C19H25NO3. The number of fused-ring (bicyclic) bond motifs is 3. The predicted molar refractivity (Wildman–Crippen MR) is 87.6 cm³/mol. The monoisotopic (exact) mass is 315 g/mol.